The number of anilines is 1. The lowest BCUT2D eigenvalue weighted by Gasteiger charge is -2.22. The number of hydrogen-bond acceptors (Lipinski definition) is 5. The van der Waals surface area contributed by atoms with Gasteiger partial charge in [0.05, 0.1) is 30.7 Å². The molecule has 0 fully saturated rings. The zero-order valence-electron chi connectivity index (χ0n) is 17.1. The Morgan fingerprint density at radius 2 is 2.17 bits per heavy atom. The van der Waals surface area contributed by atoms with E-state index in [1.54, 1.807) is 6.20 Å². The second-order valence-corrected chi connectivity index (χ2v) is 7.78. The normalized spacial score (nSPS) is 19.6. The van der Waals surface area contributed by atoms with Crippen molar-refractivity contribution < 1.29 is 14.3 Å². The molecule has 5 N–H and O–H groups in total. The first-order chi connectivity index (χ1) is 13.9. The standard InChI is InChI=1S/C21H29N5O3/c1-12(2)14-5-4-6-16(22)19-23-11-18(25-19)15-8-7-13(10-24-21(28)29-3)9-17(15)26-20(14)27/h7-9,11-12,14,16H,4-6,10,22H2,1-3H3,(H,23,25)(H,24,28)(H,26,27). The summed E-state index contributed by atoms with van der Waals surface area (Å²) in [6, 6.07) is 5.48. The molecule has 0 aliphatic carbocycles. The largest absolute Gasteiger partial charge is 0.453 e. The molecule has 29 heavy (non-hydrogen) atoms. The number of rotatable bonds is 3. The second kappa shape index (κ2) is 9.09. The van der Waals surface area contributed by atoms with E-state index < -0.39 is 6.09 Å². The number of H-pyrrole nitrogens is 1. The van der Waals surface area contributed by atoms with Crippen LogP contribution in [0.4, 0.5) is 10.5 Å². The summed E-state index contributed by atoms with van der Waals surface area (Å²) in [6.07, 6.45) is 3.63. The molecule has 3 rings (SSSR count). The first-order valence-corrected chi connectivity index (χ1v) is 9.95. The van der Waals surface area contributed by atoms with Crippen LogP contribution in [0.5, 0.6) is 0 Å². The number of nitrogens with one attached hydrogen (secondary N) is 3. The van der Waals surface area contributed by atoms with Gasteiger partial charge in [0.2, 0.25) is 5.91 Å². The van der Waals surface area contributed by atoms with Crippen LogP contribution in [0.3, 0.4) is 0 Å². The van der Waals surface area contributed by atoms with E-state index in [9.17, 15) is 9.59 Å². The SMILES string of the molecule is COC(=O)NCc1ccc2c(c1)NC(=O)C(C(C)C)CCCC(N)c1ncc-2[nH]1. The molecule has 1 aromatic heterocycles. The Morgan fingerprint density at radius 3 is 2.90 bits per heavy atom. The first kappa shape index (κ1) is 20.9. The Hall–Kier alpha value is -2.87. The van der Waals surface area contributed by atoms with Gasteiger partial charge in [-0.2, -0.15) is 0 Å². The van der Waals surface area contributed by atoms with E-state index in [-0.39, 0.29) is 23.8 Å². The number of ether oxygens (including phenoxy) is 1. The van der Waals surface area contributed by atoms with Gasteiger partial charge in [0.25, 0.3) is 0 Å². The van der Waals surface area contributed by atoms with E-state index in [0.29, 0.717) is 12.2 Å². The number of aromatic amines is 1. The molecular formula is C21H29N5O3. The molecule has 1 aliphatic heterocycles. The van der Waals surface area contributed by atoms with E-state index in [1.165, 1.54) is 7.11 Å². The van der Waals surface area contributed by atoms with Crippen molar-refractivity contribution in [1.82, 2.24) is 15.3 Å². The van der Waals surface area contributed by atoms with Crippen molar-refractivity contribution in [1.29, 1.82) is 0 Å². The van der Waals surface area contributed by atoms with Crippen LogP contribution in [0, 0.1) is 11.8 Å². The highest BCUT2D eigenvalue weighted by Crippen LogP contribution is 2.32. The third-order valence-corrected chi connectivity index (χ3v) is 5.37. The molecule has 8 heteroatoms. The van der Waals surface area contributed by atoms with Gasteiger partial charge in [0, 0.05) is 18.0 Å². The number of nitrogens with zero attached hydrogens (tertiary/aromatic N) is 1. The molecule has 1 aromatic carbocycles. The van der Waals surface area contributed by atoms with Crippen LogP contribution in [-0.2, 0) is 16.1 Å². The fourth-order valence-electron chi connectivity index (χ4n) is 3.63. The lowest BCUT2D eigenvalue weighted by Crippen LogP contribution is -2.28. The molecule has 8 nitrogen and oxygen atoms in total. The quantitative estimate of drug-likeness (QED) is 0.631. The van der Waals surface area contributed by atoms with Gasteiger partial charge in [-0.15, -0.1) is 0 Å². The number of hydrogen-bond donors (Lipinski definition) is 4. The number of fused-ring (bicyclic) bond motifs is 4. The molecule has 0 saturated carbocycles. The Bertz CT molecular complexity index is 877. The van der Waals surface area contributed by atoms with E-state index in [2.05, 4.69) is 39.2 Å². The summed E-state index contributed by atoms with van der Waals surface area (Å²) in [5, 5.41) is 5.76. The fourth-order valence-corrected chi connectivity index (χ4v) is 3.63. The average molecular weight is 399 g/mol. The minimum Gasteiger partial charge on any atom is -0.453 e. The smallest absolute Gasteiger partial charge is 0.407 e. The van der Waals surface area contributed by atoms with Gasteiger partial charge < -0.3 is 26.1 Å². The van der Waals surface area contributed by atoms with Crippen molar-refractivity contribution in [3.8, 4) is 11.3 Å². The predicted molar refractivity (Wildman–Crippen MR) is 111 cm³/mol. The molecular weight excluding hydrogens is 370 g/mol. The number of carbonyl (C=O) groups is 2. The zero-order valence-corrected chi connectivity index (χ0v) is 17.1. The number of nitrogens with two attached hydrogens (primary N) is 1. The van der Waals surface area contributed by atoms with Gasteiger partial charge in [-0.25, -0.2) is 9.78 Å². The van der Waals surface area contributed by atoms with Gasteiger partial charge >= 0.3 is 6.09 Å². The molecule has 2 heterocycles. The molecule has 0 spiro atoms. The maximum atomic E-state index is 13.0. The number of carbonyl (C=O) groups excluding carboxylic acids is 2. The van der Waals surface area contributed by atoms with E-state index in [0.717, 1.165) is 41.9 Å². The molecule has 2 aromatic rings. The van der Waals surface area contributed by atoms with Gasteiger partial charge in [-0.05, 0) is 30.4 Å². The Balaban J connectivity index is 1.98. The first-order valence-electron chi connectivity index (χ1n) is 9.95. The van der Waals surface area contributed by atoms with E-state index in [1.807, 2.05) is 18.2 Å². The number of benzene rings is 1. The molecule has 2 atom stereocenters. The molecule has 2 bridgehead atoms. The molecule has 0 saturated heterocycles. The highest BCUT2D eigenvalue weighted by molar-refractivity contribution is 5.96. The highest BCUT2D eigenvalue weighted by atomic mass is 16.5. The van der Waals surface area contributed by atoms with Crippen molar-refractivity contribution in [2.24, 2.45) is 17.6 Å². The second-order valence-electron chi connectivity index (χ2n) is 7.78. The van der Waals surface area contributed by atoms with Crippen LogP contribution >= 0.6 is 0 Å². The van der Waals surface area contributed by atoms with Crippen molar-refractivity contribution in [3.63, 3.8) is 0 Å². The third-order valence-electron chi connectivity index (χ3n) is 5.37. The number of amides is 2. The summed E-state index contributed by atoms with van der Waals surface area (Å²) in [5.41, 5.74) is 9.44. The predicted octanol–water partition coefficient (Wildman–Crippen LogP) is 3.33. The highest BCUT2D eigenvalue weighted by Gasteiger charge is 2.25. The van der Waals surface area contributed by atoms with Gasteiger partial charge in [0.15, 0.2) is 0 Å². The summed E-state index contributed by atoms with van der Waals surface area (Å²) in [6.45, 7) is 4.42. The maximum absolute atomic E-state index is 13.0. The zero-order chi connectivity index (χ0) is 21.0. The average Bonchev–Trinajstić information content (AvgIpc) is 3.18. The summed E-state index contributed by atoms with van der Waals surface area (Å²) in [4.78, 5) is 32.2. The van der Waals surface area contributed by atoms with E-state index in [4.69, 9.17) is 5.73 Å². The van der Waals surface area contributed by atoms with Gasteiger partial charge in [-0.1, -0.05) is 32.4 Å². The molecule has 156 valence electrons. The third kappa shape index (κ3) is 4.95. The van der Waals surface area contributed by atoms with E-state index >= 15 is 0 Å². The van der Waals surface area contributed by atoms with Crippen LogP contribution < -0.4 is 16.4 Å². The number of methoxy groups -OCH3 is 1. The monoisotopic (exact) mass is 399 g/mol. The van der Waals surface area contributed by atoms with Gasteiger partial charge in [-0.3, -0.25) is 4.79 Å². The minimum absolute atomic E-state index is 0.00629. The Morgan fingerprint density at radius 1 is 1.38 bits per heavy atom. The van der Waals surface area contributed by atoms with Crippen molar-refractivity contribution in [3.05, 3.63) is 35.8 Å². The minimum atomic E-state index is -0.506. The summed E-state index contributed by atoms with van der Waals surface area (Å²) >= 11 is 0. The van der Waals surface area contributed by atoms with Crippen LogP contribution in [0.1, 0.15) is 50.5 Å². The Kier molecular flexibility index (Phi) is 6.53. The van der Waals surface area contributed by atoms with Crippen molar-refractivity contribution in [2.45, 2.75) is 45.7 Å². The lowest BCUT2D eigenvalue weighted by molar-refractivity contribution is -0.121. The van der Waals surface area contributed by atoms with Crippen LogP contribution in [0.2, 0.25) is 0 Å². The van der Waals surface area contributed by atoms with Gasteiger partial charge in [0.1, 0.15) is 5.82 Å². The Labute approximate surface area is 170 Å². The summed E-state index contributed by atoms with van der Waals surface area (Å²) < 4.78 is 4.62. The number of alkyl carbamates (subject to hydrolysis) is 1. The molecule has 2 amide bonds. The molecule has 1 aliphatic rings. The maximum Gasteiger partial charge on any atom is 0.407 e. The van der Waals surface area contributed by atoms with Crippen LogP contribution in [0.25, 0.3) is 11.3 Å². The fraction of sp³-hybridized carbons (Fsp3) is 0.476. The van der Waals surface area contributed by atoms with Crippen LogP contribution in [0.15, 0.2) is 24.4 Å². The topological polar surface area (TPSA) is 122 Å². The lowest BCUT2D eigenvalue weighted by atomic mass is 9.88. The van der Waals surface area contributed by atoms with Crippen molar-refractivity contribution in [2.75, 3.05) is 12.4 Å². The number of imidazole rings is 1. The molecule has 2 unspecified atom stereocenters. The number of aromatic nitrogens is 2. The molecule has 0 radical (unpaired) electrons. The summed E-state index contributed by atoms with van der Waals surface area (Å²) in [7, 11) is 1.32. The van der Waals surface area contributed by atoms with Crippen LogP contribution in [-0.4, -0.2) is 29.1 Å². The van der Waals surface area contributed by atoms with Crippen molar-refractivity contribution >= 4 is 17.7 Å². The summed E-state index contributed by atoms with van der Waals surface area (Å²) in [5.74, 6) is 0.852.